The Balaban J connectivity index is 2.18. The van der Waals surface area contributed by atoms with E-state index in [2.05, 4.69) is 48.0 Å². The van der Waals surface area contributed by atoms with E-state index in [-0.39, 0.29) is 11.1 Å². The topological polar surface area (TPSA) is 46.0 Å². The Morgan fingerprint density at radius 2 is 2.11 bits per heavy atom. The minimum Gasteiger partial charge on any atom is -0.309 e. The monoisotopic (exact) mass is 251 g/mol. The fourth-order valence-corrected chi connectivity index (χ4v) is 2.49. The van der Waals surface area contributed by atoms with Gasteiger partial charge < -0.3 is 5.32 Å². The zero-order chi connectivity index (χ0) is 13.4. The summed E-state index contributed by atoms with van der Waals surface area (Å²) < 4.78 is 1.87. The van der Waals surface area contributed by atoms with E-state index in [9.17, 15) is 0 Å². The molecule has 2 heterocycles. The lowest BCUT2D eigenvalue weighted by Gasteiger charge is -2.51. The van der Waals surface area contributed by atoms with Gasteiger partial charge in [-0.05, 0) is 27.2 Å². The van der Waals surface area contributed by atoms with Crippen molar-refractivity contribution in [2.45, 2.75) is 51.7 Å². The van der Waals surface area contributed by atoms with Gasteiger partial charge in [0.15, 0.2) is 0 Å². The number of aromatic nitrogens is 3. The summed E-state index contributed by atoms with van der Waals surface area (Å²) in [5, 5.41) is 7.79. The minimum atomic E-state index is 0.160. The molecule has 18 heavy (non-hydrogen) atoms. The van der Waals surface area contributed by atoms with Crippen molar-refractivity contribution in [1.82, 2.24) is 25.0 Å². The average molecular weight is 251 g/mol. The largest absolute Gasteiger partial charge is 0.309 e. The molecule has 5 nitrogen and oxygen atoms in total. The molecule has 0 radical (unpaired) electrons. The second-order valence-electron chi connectivity index (χ2n) is 6.24. The first-order chi connectivity index (χ1) is 8.36. The molecule has 2 rings (SSSR count). The van der Waals surface area contributed by atoms with Crippen molar-refractivity contribution in [1.29, 1.82) is 0 Å². The van der Waals surface area contributed by atoms with Crippen LogP contribution in [0, 0.1) is 0 Å². The first-order valence-electron chi connectivity index (χ1n) is 6.69. The van der Waals surface area contributed by atoms with Crippen LogP contribution in [0.25, 0.3) is 0 Å². The van der Waals surface area contributed by atoms with Crippen LogP contribution in [0.1, 0.15) is 39.9 Å². The molecular formula is C13H25N5. The van der Waals surface area contributed by atoms with E-state index >= 15 is 0 Å². The van der Waals surface area contributed by atoms with Crippen LogP contribution in [0.4, 0.5) is 0 Å². The highest BCUT2D eigenvalue weighted by Gasteiger charge is 2.39. The zero-order valence-corrected chi connectivity index (χ0v) is 12.2. The van der Waals surface area contributed by atoms with Crippen LogP contribution in [0.15, 0.2) is 6.33 Å². The molecule has 1 aromatic heterocycles. The van der Waals surface area contributed by atoms with Gasteiger partial charge in [-0.1, -0.05) is 6.92 Å². The van der Waals surface area contributed by atoms with Crippen molar-refractivity contribution in [3.63, 3.8) is 0 Å². The quantitative estimate of drug-likeness (QED) is 0.876. The predicted octanol–water partition coefficient (Wildman–Crippen LogP) is 1.17. The fourth-order valence-electron chi connectivity index (χ4n) is 2.49. The Morgan fingerprint density at radius 3 is 2.67 bits per heavy atom. The highest BCUT2D eigenvalue weighted by atomic mass is 15.4. The Hall–Kier alpha value is -0.940. The molecule has 1 aliphatic heterocycles. The normalized spacial score (nSPS) is 28.5. The molecule has 0 amide bonds. The van der Waals surface area contributed by atoms with Gasteiger partial charge in [0.2, 0.25) is 0 Å². The van der Waals surface area contributed by atoms with E-state index in [1.165, 1.54) is 0 Å². The van der Waals surface area contributed by atoms with Crippen LogP contribution >= 0.6 is 0 Å². The number of nitrogens with zero attached hydrogens (tertiary/aromatic N) is 4. The highest BCUT2D eigenvalue weighted by Crippen LogP contribution is 2.27. The second-order valence-corrected chi connectivity index (χ2v) is 6.24. The third-order valence-electron chi connectivity index (χ3n) is 4.20. The van der Waals surface area contributed by atoms with E-state index in [1.807, 2.05) is 11.7 Å². The molecule has 1 saturated heterocycles. The molecule has 1 atom stereocenters. The van der Waals surface area contributed by atoms with Crippen LogP contribution in [0.3, 0.4) is 0 Å². The molecule has 0 aliphatic carbocycles. The van der Waals surface area contributed by atoms with Gasteiger partial charge in [-0.2, -0.15) is 5.10 Å². The van der Waals surface area contributed by atoms with Gasteiger partial charge in [0.25, 0.3) is 0 Å². The van der Waals surface area contributed by atoms with Crippen molar-refractivity contribution < 1.29 is 0 Å². The Morgan fingerprint density at radius 1 is 1.39 bits per heavy atom. The average Bonchev–Trinajstić information content (AvgIpc) is 2.70. The van der Waals surface area contributed by atoms with Gasteiger partial charge in [0.05, 0.1) is 6.54 Å². The third kappa shape index (κ3) is 2.57. The maximum Gasteiger partial charge on any atom is 0.140 e. The molecule has 0 bridgehead atoms. The number of hydrogen-bond acceptors (Lipinski definition) is 4. The Kier molecular flexibility index (Phi) is 3.47. The van der Waals surface area contributed by atoms with Crippen molar-refractivity contribution in [2.24, 2.45) is 7.05 Å². The molecule has 0 spiro atoms. The number of hydrogen-bond donors (Lipinski definition) is 1. The Bertz CT molecular complexity index is 411. The van der Waals surface area contributed by atoms with Crippen LogP contribution in [-0.4, -0.2) is 43.8 Å². The van der Waals surface area contributed by atoms with E-state index in [0.717, 1.165) is 31.9 Å². The summed E-state index contributed by atoms with van der Waals surface area (Å²) in [6, 6.07) is 0. The van der Waals surface area contributed by atoms with Gasteiger partial charge in [-0.15, -0.1) is 0 Å². The summed E-state index contributed by atoms with van der Waals surface area (Å²) in [5.74, 6) is 1.03. The smallest absolute Gasteiger partial charge is 0.140 e. The van der Waals surface area contributed by atoms with Crippen LogP contribution in [-0.2, 0) is 13.6 Å². The highest BCUT2D eigenvalue weighted by molar-refractivity contribution is 5.01. The van der Waals surface area contributed by atoms with E-state index in [0.29, 0.717) is 0 Å². The summed E-state index contributed by atoms with van der Waals surface area (Å²) in [7, 11) is 1.96. The zero-order valence-electron chi connectivity index (χ0n) is 12.2. The molecule has 1 fully saturated rings. The van der Waals surface area contributed by atoms with Gasteiger partial charge in [0, 0.05) is 31.2 Å². The number of piperazine rings is 1. The van der Waals surface area contributed by atoms with Crippen molar-refractivity contribution in [3.8, 4) is 0 Å². The second kappa shape index (κ2) is 4.63. The number of rotatable bonds is 3. The molecule has 5 heteroatoms. The third-order valence-corrected chi connectivity index (χ3v) is 4.20. The van der Waals surface area contributed by atoms with Crippen LogP contribution < -0.4 is 5.32 Å². The van der Waals surface area contributed by atoms with Gasteiger partial charge in [-0.25, -0.2) is 4.98 Å². The lowest BCUT2D eigenvalue weighted by atomic mass is 9.88. The summed E-state index contributed by atoms with van der Waals surface area (Å²) >= 11 is 0. The fraction of sp³-hybridized carbons (Fsp3) is 0.846. The van der Waals surface area contributed by atoms with Crippen LogP contribution in [0.2, 0.25) is 0 Å². The molecule has 1 N–H and O–H groups in total. The maximum atomic E-state index is 4.35. The van der Waals surface area contributed by atoms with E-state index < -0.39 is 0 Å². The molecule has 1 aliphatic rings. The van der Waals surface area contributed by atoms with Crippen molar-refractivity contribution >= 4 is 0 Å². The van der Waals surface area contributed by atoms with E-state index in [1.54, 1.807) is 6.33 Å². The summed E-state index contributed by atoms with van der Waals surface area (Å²) in [6.45, 7) is 12.0. The number of aryl methyl sites for hydroxylation is 1. The molecule has 1 unspecified atom stereocenters. The summed E-state index contributed by atoms with van der Waals surface area (Å²) in [5.41, 5.74) is 0.356. The molecular weight excluding hydrogens is 226 g/mol. The van der Waals surface area contributed by atoms with Crippen molar-refractivity contribution in [2.75, 3.05) is 13.1 Å². The first kappa shape index (κ1) is 13.5. The molecule has 0 saturated carbocycles. The molecule has 102 valence electrons. The lowest BCUT2D eigenvalue weighted by molar-refractivity contribution is 0.0148. The number of nitrogens with one attached hydrogen (secondary N) is 1. The predicted molar refractivity (Wildman–Crippen MR) is 72.2 cm³/mol. The van der Waals surface area contributed by atoms with Crippen molar-refractivity contribution in [3.05, 3.63) is 12.2 Å². The first-order valence-corrected chi connectivity index (χ1v) is 6.69. The van der Waals surface area contributed by atoms with E-state index in [4.69, 9.17) is 0 Å². The molecule has 0 aromatic carbocycles. The summed E-state index contributed by atoms with van der Waals surface area (Å²) in [6.07, 6.45) is 2.76. The standard InChI is InChI=1S/C13H25N5/c1-6-13(4)8-15-12(2,3)9-18(13)7-11-14-10-16-17(11)5/h10,15H,6-9H2,1-5H3. The summed E-state index contributed by atoms with van der Waals surface area (Å²) in [4.78, 5) is 6.88. The van der Waals surface area contributed by atoms with Crippen LogP contribution in [0.5, 0.6) is 0 Å². The van der Waals surface area contributed by atoms with Gasteiger partial charge in [-0.3, -0.25) is 9.58 Å². The van der Waals surface area contributed by atoms with Gasteiger partial charge in [0.1, 0.15) is 12.2 Å². The van der Waals surface area contributed by atoms with Gasteiger partial charge >= 0.3 is 0 Å². The SMILES string of the molecule is CCC1(C)CNC(C)(C)CN1Cc1ncnn1C. The molecule has 1 aromatic rings. The Labute approximate surface area is 110 Å². The minimum absolute atomic E-state index is 0.160. The maximum absolute atomic E-state index is 4.35. The lowest BCUT2D eigenvalue weighted by Crippen LogP contribution is -2.66.